The zero-order valence-electron chi connectivity index (χ0n) is 10.4. The van der Waals surface area contributed by atoms with Gasteiger partial charge >= 0.3 is 0 Å². The first-order valence-corrected chi connectivity index (χ1v) is 6.64. The molecule has 0 aliphatic heterocycles. The molecule has 0 saturated heterocycles. The number of nitrogens with one attached hydrogen (secondary N) is 1. The van der Waals surface area contributed by atoms with E-state index in [0.29, 0.717) is 15.6 Å². The van der Waals surface area contributed by atoms with E-state index in [0.717, 1.165) is 5.56 Å². The first-order valence-electron chi connectivity index (χ1n) is 5.89. The Labute approximate surface area is 122 Å². The van der Waals surface area contributed by atoms with Crippen molar-refractivity contribution in [2.75, 3.05) is 0 Å². The van der Waals surface area contributed by atoms with Crippen LogP contribution in [0.1, 0.15) is 28.9 Å². The largest absolute Gasteiger partial charge is 0.345 e. The third-order valence-electron chi connectivity index (χ3n) is 2.81. The summed E-state index contributed by atoms with van der Waals surface area (Å²) in [7, 11) is 0. The smallest absolute Gasteiger partial charge is 0.251 e. The first kappa shape index (κ1) is 13.9. The molecule has 2 aromatic rings. The second kappa shape index (κ2) is 6.09. The summed E-state index contributed by atoms with van der Waals surface area (Å²) >= 11 is 12.0. The standard InChI is InChI=1S/C15H13Cl2NO/c1-10(13-8-7-12(16)9-14(13)17)18-15(19)11-5-3-2-4-6-11/h2-10H,1H3,(H,18,19)/t10-/m0/s1. The van der Waals surface area contributed by atoms with Crippen LogP contribution in [0.25, 0.3) is 0 Å². The minimum atomic E-state index is -0.183. The molecule has 0 spiro atoms. The monoisotopic (exact) mass is 293 g/mol. The Morgan fingerprint density at radius 1 is 1.11 bits per heavy atom. The summed E-state index contributed by atoms with van der Waals surface area (Å²) in [6.07, 6.45) is 0. The molecule has 2 aromatic carbocycles. The molecule has 0 aliphatic rings. The van der Waals surface area contributed by atoms with Gasteiger partial charge in [-0.05, 0) is 36.8 Å². The van der Waals surface area contributed by atoms with Crippen molar-refractivity contribution in [2.24, 2.45) is 0 Å². The lowest BCUT2D eigenvalue weighted by Gasteiger charge is -2.16. The average Bonchev–Trinajstić information content (AvgIpc) is 2.39. The Morgan fingerprint density at radius 2 is 1.79 bits per heavy atom. The Kier molecular flexibility index (Phi) is 4.46. The molecule has 0 unspecified atom stereocenters. The van der Waals surface area contributed by atoms with E-state index in [1.165, 1.54) is 0 Å². The van der Waals surface area contributed by atoms with Gasteiger partial charge in [0, 0.05) is 15.6 Å². The highest BCUT2D eigenvalue weighted by molar-refractivity contribution is 6.35. The molecule has 0 aliphatic carbocycles. The third kappa shape index (κ3) is 3.49. The first-order chi connectivity index (χ1) is 9.08. The lowest BCUT2D eigenvalue weighted by molar-refractivity contribution is 0.0940. The Hall–Kier alpha value is -1.51. The number of carbonyl (C=O) groups is 1. The van der Waals surface area contributed by atoms with Crippen LogP contribution in [-0.4, -0.2) is 5.91 Å². The molecule has 4 heteroatoms. The van der Waals surface area contributed by atoms with E-state index in [9.17, 15) is 4.79 Å². The summed E-state index contributed by atoms with van der Waals surface area (Å²) in [4.78, 5) is 12.0. The Morgan fingerprint density at radius 3 is 2.42 bits per heavy atom. The lowest BCUT2D eigenvalue weighted by atomic mass is 10.1. The number of halogens is 2. The molecule has 0 saturated carbocycles. The van der Waals surface area contributed by atoms with E-state index in [2.05, 4.69) is 5.32 Å². The second-order valence-electron chi connectivity index (χ2n) is 4.23. The van der Waals surface area contributed by atoms with Crippen LogP contribution in [-0.2, 0) is 0 Å². The molecule has 0 bridgehead atoms. The fourth-order valence-electron chi connectivity index (χ4n) is 1.80. The minimum Gasteiger partial charge on any atom is -0.345 e. The van der Waals surface area contributed by atoms with Crippen molar-refractivity contribution in [3.8, 4) is 0 Å². The Bertz CT molecular complexity index is 584. The SMILES string of the molecule is C[C@H](NC(=O)c1ccccc1)c1ccc(Cl)cc1Cl. The van der Waals surface area contributed by atoms with E-state index in [-0.39, 0.29) is 11.9 Å². The maximum Gasteiger partial charge on any atom is 0.251 e. The number of hydrogen-bond acceptors (Lipinski definition) is 1. The molecule has 19 heavy (non-hydrogen) atoms. The highest BCUT2D eigenvalue weighted by Crippen LogP contribution is 2.26. The van der Waals surface area contributed by atoms with Crippen LogP contribution in [0, 0.1) is 0 Å². The molecule has 1 atom stereocenters. The van der Waals surface area contributed by atoms with Gasteiger partial charge in [-0.3, -0.25) is 4.79 Å². The van der Waals surface area contributed by atoms with Crippen LogP contribution in [0.3, 0.4) is 0 Å². The molecule has 98 valence electrons. The fourth-order valence-corrected chi connectivity index (χ4v) is 2.37. The van der Waals surface area contributed by atoms with Crippen molar-refractivity contribution < 1.29 is 4.79 Å². The zero-order valence-corrected chi connectivity index (χ0v) is 11.9. The van der Waals surface area contributed by atoms with Gasteiger partial charge in [-0.15, -0.1) is 0 Å². The molecule has 1 amide bonds. The molecule has 0 fully saturated rings. The second-order valence-corrected chi connectivity index (χ2v) is 5.07. The van der Waals surface area contributed by atoms with Gasteiger partial charge in [-0.2, -0.15) is 0 Å². The molecule has 0 radical (unpaired) electrons. The van der Waals surface area contributed by atoms with Crippen LogP contribution in [0.15, 0.2) is 48.5 Å². The number of amides is 1. The summed E-state index contributed by atoms with van der Waals surface area (Å²) in [5.74, 6) is -0.126. The molecule has 2 rings (SSSR count). The van der Waals surface area contributed by atoms with Gasteiger partial charge in [0.2, 0.25) is 0 Å². The third-order valence-corrected chi connectivity index (χ3v) is 3.38. The highest BCUT2D eigenvalue weighted by atomic mass is 35.5. The van der Waals surface area contributed by atoms with Crippen molar-refractivity contribution in [1.82, 2.24) is 5.32 Å². The van der Waals surface area contributed by atoms with Crippen molar-refractivity contribution in [3.05, 3.63) is 69.7 Å². The van der Waals surface area contributed by atoms with Crippen molar-refractivity contribution in [3.63, 3.8) is 0 Å². The number of rotatable bonds is 3. The van der Waals surface area contributed by atoms with Gasteiger partial charge < -0.3 is 5.32 Å². The van der Waals surface area contributed by atoms with Gasteiger partial charge in [0.05, 0.1) is 6.04 Å². The van der Waals surface area contributed by atoms with E-state index < -0.39 is 0 Å². The van der Waals surface area contributed by atoms with Crippen molar-refractivity contribution >= 4 is 29.1 Å². The van der Waals surface area contributed by atoms with Gasteiger partial charge in [-0.1, -0.05) is 47.5 Å². The van der Waals surface area contributed by atoms with Crippen LogP contribution < -0.4 is 5.32 Å². The predicted molar refractivity (Wildman–Crippen MR) is 78.8 cm³/mol. The number of hydrogen-bond donors (Lipinski definition) is 1. The van der Waals surface area contributed by atoms with Gasteiger partial charge in [0.25, 0.3) is 5.91 Å². The molecule has 2 nitrogen and oxygen atoms in total. The van der Waals surface area contributed by atoms with E-state index >= 15 is 0 Å². The van der Waals surface area contributed by atoms with E-state index in [4.69, 9.17) is 23.2 Å². The van der Waals surface area contributed by atoms with E-state index in [1.807, 2.05) is 31.2 Å². The normalized spacial score (nSPS) is 11.9. The predicted octanol–water partition coefficient (Wildman–Crippen LogP) is 4.48. The molecular weight excluding hydrogens is 281 g/mol. The maximum atomic E-state index is 12.0. The van der Waals surface area contributed by atoms with Gasteiger partial charge in [0.1, 0.15) is 0 Å². The van der Waals surface area contributed by atoms with Crippen LogP contribution >= 0.6 is 23.2 Å². The van der Waals surface area contributed by atoms with Crippen molar-refractivity contribution in [2.45, 2.75) is 13.0 Å². The van der Waals surface area contributed by atoms with Gasteiger partial charge in [0.15, 0.2) is 0 Å². The van der Waals surface area contributed by atoms with Gasteiger partial charge in [-0.25, -0.2) is 0 Å². The van der Waals surface area contributed by atoms with Crippen LogP contribution in [0.5, 0.6) is 0 Å². The highest BCUT2D eigenvalue weighted by Gasteiger charge is 2.13. The maximum absolute atomic E-state index is 12.0. The molecule has 1 N–H and O–H groups in total. The zero-order chi connectivity index (χ0) is 13.8. The van der Waals surface area contributed by atoms with E-state index in [1.54, 1.807) is 24.3 Å². The quantitative estimate of drug-likeness (QED) is 0.888. The summed E-state index contributed by atoms with van der Waals surface area (Å²) in [5.41, 5.74) is 1.47. The minimum absolute atomic E-state index is 0.126. The lowest BCUT2D eigenvalue weighted by Crippen LogP contribution is -2.26. The average molecular weight is 294 g/mol. The molecular formula is C15H13Cl2NO. The summed E-state index contributed by atoms with van der Waals surface area (Å²) < 4.78 is 0. The fraction of sp³-hybridized carbons (Fsp3) is 0.133. The van der Waals surface area contributed by atoms with Crippen molar-refractivity contribution in [1.29, 1.82) is 0 Å². The molecule has 0 aromatic heterocycles. The summed E-state index contributed by atoms with van der Waals surface area (Å²) in [5, 5.41) is 4.03. The Balaban J connectivity index is 2.13. The topological polar surface area (TPSA) is 29.1 Å². The van der Waals surface area contributed by atoms with Crippen LogP contribution in [0.2, 0.25) is 10.0 Å². The summed E-state index contributed by atoms with van der Waals surface area (Å²) in [6.45, 7) is 1.88. The number of benzene rings is 2. The number of carbonyl (C=O) groups excluding carboxylic acids is 1. The van der Waals surface area contributed by atoms with Crippen LogP contribution in [0.4, 0.5) is 0 Å². The molecule has 0 heterocycles. The summed E-state index contributed by atoms with van der Waals surface area (Å²) in [6, 6.07) is 14.1.